The summed E-state index contributed by atoms with van der Waals surface area (Å²) in [6.45, 7) is 3.78. The molecule has 0 saturated carbocycles. The lowest BCUT2D eigenvalue weighted by Crippen LogP contribution is -2.45. The van der Waals surface area contributed by atoms with E-state index < -0.39 is 11.8 Å². The van der Waals surface area contributed by atoms with Crippen molar-refractivity contribution in [2.75, 3.05) is 31.6 Å². The van der Waals surface area contributed by atoms with Gasteiger partial charge in [-0.05, 0) is 6.42 Å². The van der Waals surface area contributed by atoms with Gasteiger partial charge in [0.15, 0.2) is 0 Å². The molecule has 0 aliphatic carbocycles. The number of aromatic nitrogens is 2. The summed E-state index contributed by atoms with van der Waals surface area (Å²) < 4.78 is 5.12. The Morgan fingerprint density at radius 3 is 2.72 bits per heavy atom. The number of ether oxygens (including phenoxy) is 1. The summed E-state index contributed by atoms with van der Waals surface area (Å²) in [7, 11) is 0. The number of carbonyl (C=O) groups excluding carboxylic acids is 2. The molecule has 8 heteroatoms. The number of anilines is 1. The van der Waals surface area contributed by atoms with Crippen molar-refractivity contribution >= 4 is 28.3 Å². The second-order valence-corrected chi connectivity index (χ2v) is 4.78. The molecular formula is C10H14N4O3S. The molecule has 98 valence electrons. The molecule has 0 atom stereocenters. The Morgan fingerprint density at radius 1 is 1.39 bits per heavy atom. The minimum absolute atomic E-state index is 0.360. The van der Waals surface area contributed by atoms with Crippen molar-refractivity contribution in [3.05, 3.63) is 5.01 Å². The third-order valence-electron chi connectivity index (χ3n) is 2.48. The van der Waals surface area contributed by atoms with Crippen LogP contribution in [0.4, 0.5) is 5.13 Å². The van der Waals surface area contributed by atoms with Gasteiger partial charge in [-0.15, -0.1) is 10.2 Å². The number of aryl methyl sites for hydroxylation is 1. The van der Waals surface area contributed by atoms with Crippen molar-refractivity contribution in [1.82, 2.24) is 15.1 Å². The molecule has 1 aliphatic heterocycles. The van der Waals surface area contributed by atoms with Crippen LogP contribution >= 0.6 is 11.3 Å². The summed E-state index contributed by atoms with van der Waals surface area (Å²) >= 11 is 1.28. The van der Waals surface area contributed by atoms with Gasteiger partial charge in [0.05, 0.1) is 13.2 Å². The predicted octanol–water partition coefficient (Wildman–Crippen LogP) is -0.102. The molecule has 0 aromatic carbocycles. The van der Waals surface area contributed by atoms with E-state index in [1.54, 1.807) is 0 Å². The number of carbonyl (C=O) groups is 2. The predicted molar refractivity (Wildman–Crippen MR) is 65.3 cm³/mol. The second kappa shape index (κ2) is 5.87. The molecule has 1 aromatic rings. The van der Waals surface area contributed by atoms with E-state index in [1.807, 2.05) is 6.92 Å². The van der Waals surface area contributed by atoms with Crippen LogP contribution in [0.25, 0.3) is 0 Å². The molecular weight excluding hydrogens is 256 g/mol. The Morgan fingerprint density at radius 2 is 2.11 bits per heavy atom. The largest absolute Gasteiger partial charge is 0.378 e. The van der Waals surface area contributed by atoms with E-state index >= 15 is 0 Å². The Bertz CT molecular complexity index is 442. The molecule has 1 saturated heterocycles. The van der Waals surface area contributed by atoms with Crippen molar-refractivity contribution in [2.45, 2.75) is 13.3 Å². The lowest BCUT2D eigenvalue weighted by atomic mass is 10.4. The minimum atomic E-state index is -0.671. The average Bonchev–Trinajstić information content (AvgIpc) is 2.86. The van der Waals surface area contributed by atoms with Gasteiger partial charge in [0.2, 0.25) is 5.13 Å². The summed E-state index contributed by atoms with van der Waals surface area (Å²) in [4.78, 5) is 25.0. The first-order valence-electron chi connectivity index (χ1n) is 5.71. The number of hydrogen-bond acceptors (Lipinski definition) is 6. The Kier molecular flexibility index (Phi) is 4.21. The first kappa shape index (κ1) is 12.9. The monoisotopic (exact) mass is 270 g/mol. The zero-order chi connectivity index (χ0) is 13.0. The van der Waals surface area contributed by atoms with Gasteiger partial charge in [-0.3, -0.25) is 14.9 Å². The molecule has 7 nitrogen and oxygen atoms in total. The fourth-order valence-electron chi connectivity index (χ4n) is 1.51. The van der Waals surface area contributed by atoms with Crippen LogP contribution in [0.1, 0.15) is 11.9 Å². The van der Waals surface area contributed by atoms with Crippen LogP contribution in [-0.2, 0) is 20.7 Å². The normalized spacial score (nSPS) is 15.5. The van der Waals surface area contributed by atoms with Crippen LogP contribution in [0.5, 0.6) is 0 Å². The molecule has 18 heavy (non-hydrogen) atoms. The first-order valence-corrected chi connectivity index (χ1v) is 6.52. The topological polar surface area (TPSA) is 84.4 Å². The van der Waals surface area contributed by atoms with Crippen molar-refractivity contribution in [3.63, 3.8) is 0 Å². The number of morpholine rings is 1. The van der Waals surface area contributed by atoms with Crippen molar-refractivity contribution < 1.29 is 14.3 Å². The average molecular weight is 270 g/mol. The fraction of sp³-hybridized carbons (Fsp3) is 0.600. The third-order valence-corrected chi connectivity index (χ3v) is 3.47. The van der Waals surface area contributed by atoms with Gasteiger partial charge < -0.3 is 9.64 Å². The van der Waals surface area contributed by atoms with E-state index in [9.17, 15) is 9.59 Å². The van der Waals surface area contributed by atoms with Crippen molar-refractivity contribution in [1.29, 1.82) is 0 Å². The summed E-state index contributed by atoms with van der Waals surface area (Å²) in [6, 6.07) is 0. The molecule has 0 radical (unpaired) electrons. The van der Waals surface area contributed by atoms with Crippen LogP contribution in [0.2, 0.25) is 0 Å². The summed E-state index contributed by atoms with van der Waals surface area (Å²) in [5, 5.41) is 11.3. The zero-order valence-corrected chi connectivity index (χ0v) is 10.8. The lowest BCUT2D eigenvalue weighted by molar-refractivity contribution is -0.145. The Balaban J connectivity index is 1.92. The number of nitrogens with zero attached hydrogens (tertiary/aromatic N) is 3. The zero-order valence-electron chi connectivity index (χ0n) is 10.0. The van der Waals surface area contributed by atoms with Crippen LogP contribution in [-0.4, -0.2) is 53.2 Å². The fourth-order valence-corrected chi connectivity index (χ4v) is 2.18. The molecule has 0 bridgehead atoms. The van der Waals surface area contributed by atoms with E-state index in [2.05, 4.69) is 15.5 Å². The van der Waals surface area contributed by atoms with E-state index in [4.69, 9.17) is 4.74 Å². The molecule has 1 N–H and O–H groups in total. The Hall–Kier alpha value is -1.54. The van der Waals surface area contributed by atoms with E-state index in [-0.39, 0.29) is 0 Å². The minimum Gasteiger partial charge on any atom is -0.378 e. The molecule has 1 fully saturated rings. The van der Waals surface area contributed by atoms with Crippen LogP contribution < -0.4 is 5.32 Å². The number of hydrogen-bond donors (Lipinski definition) is 1. The van der Waals surface area contributed by atoms with Crippen molar-refractivity contribution in [2.24, 2.45) is 0 Å². The maximum absolute atomic E-state index is 11.8. The second-order valence-electron chi connectivity index (χ2n) is 3.71. The molecule has 1 aromatic heterocycles. The highest BCUT2D eigenvalue weighted by Crippen LogP contribution is 2.15. The maximum atomic E-state index is 11.8. The smallest absolute Gasteiger partial charge is 0.315 e. The highest BCUT2D eigenvalue weighted by Gasteiger charge is 2.24. The highest BCUT2D eigenvalue weighted by atomic mass is 32.1. The Labute approximate surface area is 108 Å². The SMILES string of the molecule is CCc1nnc(NC(=O)C(=O)N2CCOCC2)s1. The van der Waals surface area contributed by atoms with Gasteiger partial charge in [-0.25, -0.2) is 0 Å². The highest BCUT2D eigenvalue weighted by molar-refractivity contribution is 7.15. The molecule has 2 heterocycles. The quantitative estimate of drug-likeness (QED) is 0.758. The van der Waals surface area contributed by atoms with Crippen molar-refractivity contribution in [3.8, 4) is 0 Å². The molecule has 2 rings (SSSR count). The number of rotatable bonds is 2. The van der Waals surface area contributed by atoms with Gasteiger partial charge in [0, 0.05) is 13.1 Å². The van der Waals surface area contributed by atoms with E-state index in [0.717, 1.165) is 11.4 Å². The van der Waals surface area contributed by atoms with Gasteiger partial charge in [0.1, 0.15) is 5.01 Å². The van der Waals surface area contributed by atoms with Crippen LogP contribution in [0.3, 0.4) is 0 Å². The molecule has 0 unspecified atom stereocenters. The first-order chi connectivity index (χ1) is 8.70. The standard InChI is InChI=1S/C10H14N4O3S/c1-2-7-12-13-10(18-7)11-8(15)9(16)14-3-5-17-6-4-14/h2-6H2,1H3,(H,11,13,15). The van der Waals surface area contributed by atoms with Gasteiger partial charge >= 0.3 is 11.8 Å². The summed E-state index contributed by atoms with van der Waals surface area (Å²) in [6.07, 6.45) is 0.755. The number of amides is 2. The van der Waals surface area contributed by atoms with Gasteiger partial charge in [0.25, 0.3) is 0 Å². The maximum Gasteiger partial charge on any atom is 0.315 e. The van der Waals surface area contributed by atoms with Crippen LogP contribution in [0, 0.1) is 0 Å². The summed E-state index contributed by atoms with van der Waals surface area (Å²) in [5.41, 5.74) is 0. The third kappa shape index (κ3) is 3.02. The molecule has 0 spiro atoms. The van der Waals surface area contributed by atoms with Gasteiger partial charge in [-0.1, -0.05) is 18.3 Å². The molecule has 1 aliphatic rings. The van der Waals surface area contributed by atoms with E-state index in [1.165, 1.54) is 16.2 Å². The summed E-state index contributed by atoms with van der Waals surface area (Å²) in [5.74, 6) is -1.22. The molecule has 2 amide bonds. The lowest BCUT2D eigenvalue weighted by Gasteiger charge is -2.25. The van der Waals surface area contributed by atoms with Gasteiger partial charge in [-0.2, -0.15) is 0 Å². The number of nitrogens with one attached hydrogen (secondary N) is 1. The van der Waals surface area contributed by atoms with Crippen LogP contribution in [0.15, 0.2) is 0 Å². The van der Waals surface area contributed by atoms with E-state index in [0.29, 0.717) is 31.4 Å².